The molecule has 2 aromatic carbocycles. The molecule has 0 unspecified atom stereocenters. The molecule has 252 valence electrons. The molecular weight excluding hydrogens is 584 g/mol. The second-order valence-electron chi connectivity index (χ2n) is 12.9. The highest BCUT2D eigenvalue weighted by Gasteiger charge is 2.42. The number of hydrogen-bond donors (Lipinski definition) is 5. The number of hydrogen-bond acceptors (Lipinski definition) is 8. The van der Waals surface area contributed by atoms with E-state index >= 15 is 0 Å². The maximum atomic E-state index is 13.6. The molecule has 0 radical (unpaired) electrons. The molecule has 0 aliphatic heterocycles. The van der Waals surface area contributed by atoms with E-state index in [9.17, 15) is 15.0 Å². The number of carbonyl (C=O) groups is 1. The van der Waals surface area contributed by atoms with Gasteiger partial charge in [0.2, 0.25) is 0 Å². The maximum absolute atomic E-state index is 13.6. The lowest BCUT2D eigenvalue weighted by molar-refractivity contribution is -0.123. The molecule has 46 heavy (non-hydrogen) atoms. The van der Waals surface area contributed by atoms with Crippen LogP contribution in [0.25, 0.3) is 0 Å². The number of aromatic hydroxyl groups is 2. The Hall–Kier alpha value is -3.76. The van der Waals surface area contributed by atoms with Crippen molar-refractivity contribution in [2.75, 3.05) is 46.8 Å². The zero-order valence-corrected chi connectivity index (χ0v) is 27.9. The zero-order chi connectivity index (χ0) is 33.2. The number of guanidine groups is 1. The van der Waals surface area contributed by atoms with Crippen LogP contribution in [0.2, 0.25) is 0 Å². The van der Waals surface area contributed by atoms with Crippen molar-refractivity contribution >= 4 is 17.4 Å². The number of ketones is 1. The molecule has 0 bridgehead atoms. The Balaban J connectivity index is 1.50. The first kappa shape index (κ1) is 35.1. The molecule has 0 heterocycles. The lowest BCUT2D eigenvalue weighted by atomic mass is 9.76. The first-order valence-corrected chi connectivity index (χ1v) is 16.4. The molecule has 0 saturated heterocycles. The van der Waals surface area contributed by atoms with Crippen molar-refractivity contribution in [3.05, 3.63) is 53.6 Å². The predicted molar refractivity (Wildman–Crippen MR) is 182 cm³/mol. The first-order chi connectivity index (χ1) is 22.2. The molecule has 10 heteroatoms. The van der Waals surface area contributed by atoms with Gasteiger partial charge in [0.05, 0.1) is 12.8 Å². The largest absolute Gasteiger partial charge is 0.504 e. The van der Waals surface area contributed by atoms with Gasteiger partial charge in [-0.2, -0.15) is 0 Å². The topological polar surface area (TPSA) is 148 Å². The molecule has 2 fully saturated rings. The van der Waals surface area contributed by atoms with Gasteiger partial charge >= 0.3 is 0 Å². The quantitative estimate of drug-likeness (QED) is 0.0698. The average molecular weight is 637 g/mol. The third-order valence-electron chi connectivity index (χ3n) is 9.60. The molecule has 2 atom stereocenters. The molecule has 4 rings (SSSR count). The minimum Gasteiger partial charge on any atom is -0.504 e. The summed E-state index contributed by atoms with van der Waals surface area (Å²) in [6.45, 7) is 1.37. The summed E-state index contributed by atoms with van der Waals surface area (Å²) in [5, 5.41) is 27.6. The van der Waals surface area contributed by atoms with Gasteiger partial charge in [0.15, 0.2) is 34.7 Å². The second-order valence-corrected chi connectivity index (χ2v) is 12.9. The van der Waals surface area contributed by atoms with Gasteiger partial charge in [0.25, 0.3) is 0 Å². The van der Waals surface area contributed by atoms with E-state index in [2.05, 4.69) is 15.6 Å². The van der Waals surface area contributed by atoms with Crippen molar-refractivity contribution in [1.82, 2.24) is 5.32 Å². The number of anilines is 1. The number of allylic oxidation sites excluding steroid dienone is 2. The van der Waals surface area contributed by atoms with E-state index in [0.717, 1.165) is 62.5 Å². The van der Waals surface area contributed by atoms with Crippen LogP contribution < -0.4 is 25.8 Å². The Morgan fingerprint density at radius 1 is 1.11 bits per heavy atom. The van der Waals surface area contributed by atoms with Gasteiger partial charge in [0, 0.05) is 32.7 Å². The number of methoxy groups -OCH3 is 2. The number of rotatable bonds is 16. The fourth-order valence-electron chi connectivity index (χ4n) is 7.15. The number of nitrogens with two attached hydrogens (primary N) is 1. The summed E-state index contributed by atoms with van der Waals surface area (Å²) in [5.41, 5.74) is 7.43. The number of benzene rings is 2. The molecular formula is C36H52N4O6. The van der Waals surface area contributed by atoms with Crippen molar-refractivity contribution in [2.45, 2.75) is 76.2 Å². The average Bonchev–Trinajstić information content (AvgIpc) is 3.69. The van der Waals surface area contributed by atoms with Gasteiger partial charge in [-0.3, -0.25) is 9.79 Å². The molecule has 2 aliphatic rings. The van der Waals surface area contributed by atoms with Crippen molar-refractivity contribution in [3.63, 3.8) is 0 Å². The predicted octanol–water partition coefficient (Wildman–Crippen LogP) is 5.50. The van der Waals surface area contributed by atoms with E-state index in [4.69, 9.17) is 19.9 Å². The Kier molecular flexibility index (Phi) is 12.3. The number of likely N-dealkylation sites (N-methyl/N-ethyl adjacent to an activating group) is 1. The summed E-state index contributed by atoms with van der Waals surface area (Å²) in [4.78, 5) is 17.6. The first-order valence-electron chi connectivity index (χ1n) is 16.4. The van der Waals surface area contributed by atoms with E-state index in [1.54, 1.807) is 26.3 Å². The number of aliphatic imine (C=N–C) groups is 1. The van der Waals surface area contributed by atoms with Crippen LogP contribution in [0.4, 0.5) is 5.69 Å². The summed E-state index contributed by atoms with van der Waals surface area (Å²) in [6.07, 6.45) is 13.0. The number of phenols is 2. The molecule has 0 amide bonds. The highest BCUT2D eigenvalue weighted by atomic mass is 16.5. The van der Waals surface area contributed by atoms with E-state index in [0.29, 0.717) is 55.5 Å². The number of nitrogens with zero attached hydrogens (tertiary/aromatic N) is 1. The minimum atomic E-state index is -0.450. The van der Waals surface area contributed by atoms with Gasteiger partial charge in [-0.25, -0.2) is 0 Å². The molecule has 0 aromatic heterocycles. The van der Waals surface area contributed by atoms with Crippen LogP contribution in [0.3, 0.4) is 0 Å². The number of aryl methyl sites for hydroxylation is 1. The Bertz CT molecular complexity index is 1390. The SMILES string of the molecule is CN=C(N)Nc1cc(CC/C=C/C(=O)C2(Cc3ccc(O)c(OC)c3)CCCC2)cc(O[C@]2(CNC)CC[C@H](CCOC)C2)c1O. The van der Waals surface area contributed by atoms with Crippen molar-refractivity contribution < 1.29 is 29.2 Å². The molecule has 6 N–H and O–H groups in total. The fraction of sp³-hybridized carbons (Fsp3) is 0.556. The monoisotopic (exact) mass is 636 g/mol. The molecule has 2 saturated carbocycles. The minimum absolute atomic E-state index is 0.00840. The summed E-state index contributed by atoms with van der Waals surface area (Å²) < 4.78 is 17.3. The molecule has 0 spiro atoms. The Labute approximate surface area is 273 Å². The fourth-order valence-corrected chi connectivity index (χ4v) is 7.15. The van der Waals surface area contributed by atoms with E-state index < -0.39 is 11.0 Å². The van der Waals surface area contributed by atoms with Crippen LogP contribution in [0.1, 0.15) is 68.9 Å². The van der Waals surface area contributed by atoms with Crippen molar-refractivity contribution in [2.24, 2.45) is 22.1 Å². The van der Waals surface area contributed by atoms with Gasteiger partial charge in [-0.15, -0.1) is 0 Å². The van der Waals surface area contributed by atoms with E-state index in [1.165, 1.54) is 7.11 Å². The number of ether oxygens (including phenoxy) is 3. The van der Waals surface area contributed by atoms with Gasteiger partial charge in [-0.05, 0) is 112 Å². The number of nitrogens with one attached hydrogen (secondary N) is 2. The summed E-state index contributed by atoms with van der Waals surface area (Å²) >= 11 is 0. The molecule has 2 aliphatic carbocycles. The third-order valence-corrected chi connectivity index (χ3v) is 9.60. The van der Waals surface area contributed by atoms with Crippen LogP contribution in [0, 0.1) is 11.3 Å². The highest BCUT2D eigenvalue weighted by molar-refractivity contribution is 5.95. The molecule has 10 nitrogen and oxygen atoms in total. The highest BCUT2D eigenvalue weighted by Crippen LogP contribution is 2.45. The summed E-state index contributed by atoms with van der Waals surface area (Å²) in [5.74, 6) is 1.72. The second kappa shape index (κ2) is 16.2. The normalized spacial score (nSPS) is 21.1. The van der Waals surface area contributed by atoms with Crippen LogP contribution in [0.15, 0.2) is 47.5 Å². The third kappa shape index (κ3) is 8.73. The van der Waals surface area contributed by atoms with Crippen LogP contribution in [-0.2, 0) is 22.4 Å². The van der Waals surface area contributed by atoms with Gasteiger partial charge in [-0.1, -0.05) is 25.0 Å². The molecule has 2 aromatic rings. The zero-order valence-electron chi connectivity index (χ0n) is 27.9. The van der Waals surface area contributed by atoms with Gasteiger partial charge < -0.3 is 40.8 Å². The Morgan fingerprint density at radius 3 is 2.57 bits per heavy atom. The number of carbonyl (C=O) groups excluding carboxylic acids is 1. The van der Waals surface area contributed by atoms with Crippen LogP contribution in [-0.4, -0.2) is 69.0 Å². The summed E-state index contributed by atoms with van der Waals surface area (Å²) in [7, 11) is 6.75. The smallest absolute Gasteiger partial charge is 0.192 e. The Morgan fingerprint density at radius 2 is 1.87 bits per heavy atom. The number of phenolic OH excluding ortho intramolecular Hbond substituents is 2. The van der Waals surface area contributed by atoms with E-state index in [1.807, 2.05) is 37.4 Å². The maximum Gasteiger partial charge on any atom is 0.192 e. The van der Waals surface area contributed by atoms with Crippen LogP contribution in [0.5, 0.6) is 23.0 Å². The standard InChI is InChI=1S/C36H52N4O6/c1-38-24-36(17-13-25(23-36)14-18-44-3)46-31-20-26(19-28(33(31)43)40-34(37)39-2)9-5-6-10-32(42)35(15-7-8-16-35)22-27-11-12-29(41)30(21-27)45-4/h6,10-12,19-21,25,38,41,43H,5,7-9,13-18,22-24H2,1-4H3,(H3,37,39,40)/b10-6+/t25-,36-/m1/s1. The van der Waals surface area contributed by atoms with Crippen molar-refractivity contribution in [3.8, 4) is 23.0 Å². The van der Waals surface area contributed by atoms with Crippen LogP contribution >= 0.6 is 0 Å². The summed E-state index contributed by atoms with van der Waals surface area (Å²) in [6, 6.07) is 9.07. The lowest BCUT2D eigenvalue weighted by Crippen LogP contribution is -2.42. The van der Waals surface area contributed by atoms with Gasteiger partial charge in [0.1, 0.15) is 5.60 Å². The van der Waals surface area contributed by atoms with E-state index in [-0.39, 0.29) is 23.2 Å². The van der Waals surface area contributed by atoms with Crippen molar-refractivity contribution in [1.29, 1.82) is 0 Å². The lowest BCUT2D eigenvalue weighted by Gasteiger charge is -2.31.